The van der Waals surface area contributed by atoms with Gasteiger partial charge >= 0.3 is 0 Å². The molecule has 2 rings (SSSR count). The molecule has 1 amide bonds. The molecule has 0 aliphatic carbocycles. The van der Waals surface area contributed by atoms with Gasteiger partial charge < -0.3 is 9.64 Å². The predicted molar refractivity (Wildman–Crippen MR) is 58.4 cm³/mol. The number of carbonyl (C=O) groups excluding carboxylic acids is 1. The second-order valence-corrected chi connectivity index (χ2v) is 4.65. The first kappa shape index (κ1) is 10.9. The summed E-state index contributed by atoms with van der Waals surface area (Å²) in [7, 11) is 0. The number of fused-ring (bicyclic) bond motifs is 1. The first-order valence-electron chi connectivity index (χ1n) is 6.24. The Morgan fingerprint density at radius 2 is 2.27 bits per heavy atom. The van der Waals surface area contributed by atoms with Gasteiger partial charge in [0.1, 0.15) is 6.73 Å². The van der Waals surface area contributed by atoms with Crippen molar-refractivity contribution in [2.45, 2.75) is 64.0 Å². The summed E-state index contributed by atoms with van der Waals surface area (Å²) in [4.78, 5) is 13.3. The summed E-state index contributed by atoms with van der Waals surface area (Å²) >= 11 is 0. The maximum Gasteiger partial charge on any atom is 0.224 e. The third-order valence-corrected chi connectivity index (χ3v) is 3.57. The maximum atomic E-state index is 11.4. The Labute approximate surface area is 91.8 Å². The van der Waals surface area contributed by atoms with Crippen molar-refractivity contribution in [1.29, 1.82) is 0 Å². The molecular formula is C12H21NO2. The Hall–Kier alpha value is -0.570. The van der Waals surface area contributed by atoms with E-state index < -0.39 is 0 Å². The quantitative estimate of drug-likeness (QED) is 0.653. The van der Waals surface area contributed by atoms with E-state index in [9.17, 15) is 4.79 Å². The Bertz CT molecular complexity index is 230. The summed E-state index contributed by atoms with van der Waals surface area (Å²) in [6, 6.07) is 0.402. The van der Waals surface area contributed by atoms with E-state index in [0.717, 1.165) is 19.3 Å². The molecule has 0 aromatic heterocycles. The molecule has 2 unspecified atom stereocenters. The van der Waals surface area contributed by atoms with Gasteiger partial charge in [-0.05, 0) is 12.8 Å². The van der Waals surface area contributed by atoms with E-state index >= 15 is 0 Å². The molecule has 15 heavy (non-hydrogen) atoms. The SMILES string of the molecule is CCCCCCC1OCN2C(=O)CCC12. The number of rotatable bonds is 5. The Kier molecular flexibility index (Phi) is 3.62. The smallest absolute Gasteiger partial charge is 0.224 e. The number of carbonyl (C=O) groups is 1. The van der Waals surface area contributed by atoms with Crippen LogP contribution < -0.4 is 0 Å². The molecule has 3 nitrogen and oxygen atoms in total. The minimum absolute atomic E-state index is 0.288. The summed E-state index contributed by atoms with van der Waals surface area (Å²) in [5.41, 5.74) is 0. The third kappa shape index (κ3) is 2.33. The third-order valence-electron chi connectivity index (χ3n) is 3.57. The largest absolute Gasteiger partial charge is 0.356 e. The topological polar surface area (TPSA) is 29.5 Å². The number of ether oxygens (including phenoxy) is 1. The zero-order valence-electron chi connectivity index (χ0n) is 9.58. The van der Waals surface area contributed by atoms with Gasteiger partial charge in [0.2, 0.25) is 5.91 Å². The molecular weight excluding hydrogens is 190 g/mol. The van der Waals surface area contributed by atoms with Gasteiger partial charge in [0, 0.05) is 6.42 Å². The molecule has 0 N–H and O–H groups in total. The summed E-state index contributed by atoms with van der Waals surface area (Å²) in [6.07, 6.45) is 8.35. The van der Waals surface area contributed by atoms with E-state index in [0.29, 0.717) is 18.9 Å². The van der Waals surface area contributed by atoms with Crippen molar-refractivity contribution >= 4 is 5.91 Å². The highest BCUT2D eigenvalue weighted by Gasteiger charge is 2.41. The second-order valence-electron chi connectivity index (χ2n) is 4.65. The standard InChI is InChI=1S/C12H21NO2/c1-2-3-4-5-6-11-10-7-8-12(14)13(10)9-15-11/h10-11H,2-9H2,1H3. The number of hydrogen-bond donors (Lipinski definition) is 0. The van der Waals surface area contributed by atoms with E-state index in [1.54, 1.807) is 0 Å². The Morgan fingerprint density at radius 1 is 1.40 bits per heavy atom. The summed E-state index contributed by atoms with van der Waals surface area (Å²) in [5, 5.41) is 0. The van der Waals surface area contributed by atoms with E-state index in [4.69, 9.17) is 4.74 Å². The van der Waals surface area contributed by atoms with Gasteiger partial charge in [-0.3, -0.25) is 4.79 Å². The lowest BCUT2D eigenvalue weighted by Crippen LogP contribution is -2.31. The molecule has 2 aliphatic heterocycles. The molecule has 0 bridgehead atoms. The van der Waals surface area contributed by atoms with Crippen LogP contribution in [0.1, 0.15) is 51.9 Å². The molecule has 86 valence electrons. The van der Waals surface area contributed by atoms with Crippen LogP contribution in [-0.4, -0.2) is 29.7 Å². The Morgan fingerprint density at radius 3 is 3.07 bits per heavy atom. The van der Waals surface area contributed by atoms with Crippen molar-refractivity contribution < 1.29 is 9.53 Å². The normalized spacial score (nSPS) is 29.9. The van der Waals surface area contributed by atoms with Crippen molar-refractivity contribution in [3.63, 3.8) is 0 Å². The van der Waals surface area contributed by atoms with Crippen molar-refractivity contribution in [1.82, 2.24) is 4.90 Å². The van der Waals surface area contributed by atoms with E-state index in [1.807, 2.05) is 4.90 Å². The van der Waals surface area contributed by atoms with Crippen LogP contribution in [0.4, 0.5) is 0 Å². The highest BCUT2D eigenvalue weighted by molar-refractivity contribution is 5.79. The van der Waals surface area contributed by atoms with Gasteiger partial charge in [-0.15, -0.1) is 0 Å². The van der Waals surface area contributed by atoms with Gasteiger partial charge in [-0.1, -0.05) is 32.6 Å². The number of nitrogens with zero attached hydrogens (tertiary/aromatic N) is 1. The first-order chi connectivity index (χ1) is 7.33. The fourth-order valence-electron chi connectivity index (χ4n) is 2.65. The van der Waals surface area contributed by atoms with Gasteiger partial charge in [-0.2, -0.15) is 0 Å². The van der Waals surface area contributed by atoms with Crippen molar-refractivity contribution in [3.8, 4) is 0 Å². The molecule has 0 aromatic rings. The molecule has 0 spiro atoms. The second kappa shape index (κ2) is 4.97. The summed E-state index contributed by atoms with van der Waals surface area (Å²) in [5.74, 6) is 0.288. The van der Waals surface area contributed by atoms with E-state index in [1.165, 1.54) is 25.7 Å². The lowest BCUT2D eigenvalue weighted by molar-refractivity contribution is -0.129. The molecule has 2 aliphatic rings. The van der Waals surface area contributed by atoms with E-state index in [-0.39, 0.29) is 5.91 Å². The average Bonchev–Trinajstić information content (AvgIpc) is 2.78. The average molecular weight is 211 g/mol. The number of amides is 1. The lowest BCUT2D eigenvalue weighted by atomic mass is 10.0. The molecule has 2 atom stereocenters. The molecule has 3 heteroatoms. The number of unbranched alkanes of at least 4 members (excludes halogenated alkanes) is 3. The summed E-state index contributed by atoms with van der Waals surface area (Å²) < 4.78 is 5.68. The predicted octanol–water partition coefficient (Wildman–Crippen LogP) is 2.30. The molecule has 2 heterocycles. The zero-order chi connectivity index (χ0) is 10.7. The first-order valence-corrected chi connectivity index (χ1v) is 6.24. The van der Waals surface area contributed by atoms with Crippen molar-refractivity contribution in [2.75, 3.05) is 6.73 Å². The fraction of sp³-hybridized carbons (Fsp3) is 0.917. The van der Waals surface area contributed by atoms with Crippen LogP contribution in [0.2, 0.25) is 0 Å². The molecule has 0 aromatic carbocycles. The van der Waals surface area contributed by atoms with Crippen LogP contribution >= 0.6 is 0 Å². The van der Waals surface area contributed by atoms with Crippen molar-refractivity contribution in [2.24, 2.45) is 0 Å². The molecule has 0 saturated carbocycles. The molecule has 2 fully saturated rings. The van der Waals surface area contributed by atoms with E-state index in [2.05, 4.69) is 6.92 Å². The van der Waals surface area contributed by atoms with Gasteiger partial charge in [0.25, 0.3) is 0 Å². The van der Waals surface area contributed by atoms with Crippen LogP contribution in [-0.2, 0) is 9.53 Å². The number of hydrogen-bond acceptors (Lipinski definition) is 2. The highest BCUT2D eigenvalue weighted by atomic mass is 16.5. The monoisotopic (exact) mass is 211 g/mol. The minimum atomic E-state index is 0.288. The zero-order valence-corrected chi connectivity index (χ0v) is 9.58. The molecule has 0 radical (unpaired) electrons. The fourth-order valence-corrected chi connectivity index (χ4v) is 2.65. The lowest BCUT2D eigenvalue weighted by Gasteiger charge is -2.17. The van der Waals surface area contributed by atoms with Gasteiger partial charge in [-0.25, -0.2) is 0 Å². The van der Waals surface area contributed by atoms with Gasteiger partial charge in [0.15, 0.2) is 0 Å². The van der Waals surface area contributed by atoms with Crippen LogP contribution in [0.25, 0.3) is 0 Å². The van der Waals surface area contributed by atoms with Gasteiger partial charge in [0.05, 0.1) is 12.1 Å². The van der Waals surface area contributed by atoms with Crippen LogP contribution in [0, 0.1) is 0 Å². The van der Waals surface area contributed by atoms with Crippen LogP contribution in [0.3, 0.4) is 0 Å². The van der Waals surface area contributed by atoms with Crippen LogP contribution in [0.5, 0.6) is 0 Å². The maximum absolute atomic E-state index is 11.4. The minimum Gasteiger partial charge on any atom is -0.356 e. The van der Waals surface area contributed by atoms with Crippen molar-refractivity contribution in [3.05, 3.63) is 0 Å². The van der Waals surface area contributed by atoms with Crippen LogP contribution in [0.15, 0.2) is 0 Å². The highest BCUT2D eigenvalue weighted by Crippen LogP contribution is 2.31. The Balaban J connectivity index is 1.73. The molecule has 2 saturated heterocycles. The summed E-state index contributed by atoms with van der Waals surface area (Å²) in [6.45, 7) is 2.77.